The van der Waals surface area contributed by atoms with E-state index >= 15 is 0 Å². The molecule has 0 N–H and O–H groups in total. The first kappa shape index (κ1) is 18.8. The summed E-state index contributed by atoms with van der Waals surface area (Å²) in [6.07, 6.45) is 3.68. The van der Waals surface area contributed by atoms with Gasteiger partial charge in [0, 0.05) is 44.2 Å². The third kappa shape index (κ3) is 4.22. The quantitative estimate of drug-likeness (QED) is 0.722. The molecule has 1 aliphatic heterocycles. The third-order valence-electron chi connectivity index (χ3n) is 4.61. The van der Waals surface area contributed by atoms with Crippen molar-refractivity contribution in [2.75, 3.05) is 39.2 Å². The number of ketones is 1. The highest BCUT2D eigenvalue weighted by molar-refractivity contribution is 7.15. The van der Waals surface area contributed by atoms with Gasteiger partial charge in [-0.05, 0) is 37.6 Å². The molecule has 2 aromatic rings. The Morgan fingerprint density at radius 3 is 2.96 bits per heavy atom. The molecule has 1 aromatic heterocycles. The van der Waals surface area contributed by atoms with E-state index in [1.807, 2.05) is 25.2 Å². The second kappa shape index (κ2) is 8.14. The number of carbonyl (C=O) groups excluding carboxylic acids is 1. The molecule has 26 heavy (non-hydrogen) atoms. The number of likely N-dealkylation sites (tertiary alicyclic amines) is 1. The average Bonchev–Trinajstić information content (AvgIpc) is 3.10. The van der Waals surface area contributed by atoms with Crippen molar-refractivity contribution in [2.45, 2.75) is 19.4 Å². The van der Waals surface area contributed by atoms with Gasteiger partial charge in [0.2, 0.25) is 0 Å². The van der Waals surface area contributed by atoms with Crippen LogP contribution in [0, 0.1) is 11.7 Å². The van der Waals surface area contributed by atoms with E-state index in [-0.39, 0.29) is 11.7 Å². The lowest BCUT2D eigenvalue weighted by molar-refractivity contribution is 0.0809. The molecule has 0 spiro atoms. The van der Waals surface area contributed by atoms with E-state index in [9.17, 15) is 9.18 Å². The molecule has 0 amide bonds. The smallest absolute Gasteiger partial charge is 0.185 e. The lowest BCUT2D eigenvalue weighted by Gasteiger charge is -2.31. The summed E-state index contributed by atoms with van der Waals surface area (Å²) in [6.45, 7) is 2.42. The van der Waals surface area contributed by atoms with Gasteiger partial charge in [-0.2, -0.15) is 0 Å². The summed E-state index contributed by atoms with van der Waals surface area (Å²) in [4.78, 5) is 22.8. The molecule has 140 valence electrons. The molecule has 1 atom stereocenters. The lowest BCUT2D eigenvalue weighted by Crippen LogP contribution is -2.38. The number of ether oxygens (including phenoxy) is 1. The number of methoxy groups -OCH3 is 1. The number of anilines is 1. The Balaban J connectivity index is 1.69. The van der Waals surface area contributed by atoms with E-state index in [0.29, 0.717) is 17.9 Å². The van der Waals surface area contributed by atoms with Crippen molar-refractivity contribution in [3.63, 3.8) is 0 Å². The van der Waals surface area contributed by atoms with E-state index in [1.165, 1.54) is 30.2 Å². The predicted molar refractivity (Wildman–Crippen MR) is 102 cm³/mol. The molecule has 5 nitrogen and oxygen atoms in total. The van der Waals surface area contributed by atoms with Crippen LogP contribution < -0.4 is 9.64 Å². The minimum absolute atomic E-state index is 0.0377. The summed E-state index contributed by atoms with van der Waals surface area (Å²) in [5.74, 6) is -0.153. The summed E-state index contributed by atoms with van der Waals surface area (Å²) in [5.41, 5.74) is 0.340. The summed E-state index contributed by atoms with van der Waals surface area (Å²) in [6, 6.07) is 4.12. The first-order chi connectivity index (χ1) is 12.5. The van der Waals surface area contributed by atoms with E-state index in [0.717, 1.165) is 31.1 Å². The number of carbonyl (C=O) groups is 1. The Morgan fingerprint density at radius 1 is 1.46 bits per heavy atom. The number of hydrogen-bond acceptors (Lipinski definition) is 6. The lowest BCUT2D eigenvalue weighted by atomic mass is 9.89. The molecule has 3 rings (SSSR count). The molecule has 7 heteroatoms. The van der Waals surface area contributed by atoms with Crippen molar-refractivity contribution in [3.8, 4) is 5.75 Å². The zero-order valence-corrected chi connectivity index (χ0v) is 16.2. The number of Topliss-reactive ketones (excluding diaryl/α,β-unsaturated/α-hetero) is 1. The first-order valence-corrected chi connectivity index (χ1v) is 9.51. The van der Waals surface area contributed by atoms with Crippen molar-refractivity contribution in [1.29, 1.82) is 0 Å². The summed E-state index contributed by atoms with van der Waals surface area (Å²) < 4.78 is 18.9. The van der Waals surface area contributed by atoms with Crippen LogP contribution in [0.2, 0.25) is 0 Å². The Kier molecular flexibility index (Phi) is 5.88. The Morgan fingerprint density at radius 2 is 2.27 bits per heavy atom. The van der Waals surface area contributed by atoms with Crippen LogP contribution in [-0.2, 0) is 6.54 Å². The fourth-order valence-corrected chi connectivity index (χ4v) is 4.18. The summed E-state index contributed by atoms with van der Waals surface area (Å²) in [7, 11) is 5.46. The number of thiazole rings is 1. The molecule has 0 aliphatic carbocycles. The molecule has 0 saturated carbocycles. The minimum atomic E-state index is -0.414. The van der Waals surface area contributed by atoms with Crippen LogP contribution in [0.3, 0.4) is 0 Å². The average molecular weight is 377 g/mol. The molecule has 1 aromatic carbocycles. The highest BCUT2D eigenvalue weighted by atomic mass is 32.1. The van der Waals surface area contributed by atoms with Gasteiger partial charge in [-0.15, -0.1) is 11.3 Å². The number of aromatic nitrogens is 1. The molecule has 0 unspecified atom stereocenters. The Hall–Kier alpha value is -1.99. The zero-order chi connectivity index (χ0) is 18.7. The summed E-state index contributed by atoms with van der Waals surface area (Å²) in [5, 5.41) is 0.981. The number of piperidine rings is 1. The standard InChI is InChI=1S/C19H24FN3O2S/c1-22(2)19-21-10-15(26-19)12-23-8-4-5-13(11-23)18(24)16-9-14(20)6-7-17(16)25-3/h6-7,9-10,13H,4-5,8,11-12H2,1-3H3/t13-/m0/s1. The van der Waals surface area contributed by atoms with Crippen molar-refractivity contribution in [3.05, 3.63) is 40.7 Å². The molecule has 1 fully saturated rings. The summed E-state index contributed by atoms with van der Waals surface area (Å²) >= 11 is 1.67. The number of hydrogen-bond donors (Lipinski definition) is 0. The van der Waals surface area contributed by atoms with Crippen molar-refractivity contribution < 1.29 is 13.9 Å². The fourth-order valence-electron chi connectivity index (χ4n) is 3.30. The normalized spacial score (nSPS) is 17.9. The molecule has 2 heterocycles. The number of halogens is 1. The van der Waals surface area contributed by atoms with Crippen LogP contribution in [0.1, 0.15) is 28.1 Å². The van der Waals surface area contributed by atoms with E-state index in [2.05, 4.69) is 9.88 Å². The molecule has 0 bridgehead atoms. The van der Waals surface area contributed by atoms with Gasteiger partial charge in [0.15, 0.2) is 10.9 Å². The maximum Gasteiger partial charge on any atom is 0.185 e. The number of benzene rings is 1. The highest BCUT2D eigenvalue weighted by Gasteiger charge is 2.29. The predicted octanol–water partition coefficient (Wildman–Crippen LogP) is 3.45. The number of nitrogens with zero attached hydrogens (tertiary/aromatic N) is 3. The van der Waals surface area contributed by atoms with Gasteiger partial charge in [-0.1, -0.05) is 0 Å². The fraction of sp³-hybridized carbons (Fsp3) is 0.474. The van der Waals surface area contributed by atoms with E-state index in [4.69, 9.17) is 4.74 Å². The largest absolute Gasteiger partial charge is 0.496 e. The monoisotopic (exact) mass is 377 g/mol. The second-order valence-corrected chi connectivity index (χ2v) is 7.88. The van der Waals surface area contributed by atoms with Crippen molar-refractivity contribution in [1.82, 2.24) is 9.88 Å². The van der Waals surface area contributed by atoms with Crippen LogP contribution in [0.4, 0.5) is 9.52 Å². The van der Waals surface area contributed by atoms with Crippen molar-refractivity contribution >= 4 is 22.3 Å². The Labute approximate surface area is 157 Å². The number of rotatable bonds is 6. The van der Waals surface area contributed by atoms with Crippen LogP contribution in [-0.4, -0.2) is 50.0 Å². The van der Waals surface area contributed by atoms with Gasteiger partial charge < -0.3 is 9.64 Å². The first-order valence-electron chi connectivity index (χ1n) is 8.70. The third-order valence-corrected chi connectivity index (χ3v) is 5.76. The van der Waals surface area contributed by atoms with Crippen LogP contribution in [0.25, 0.3) is 0 Å². The molecule has 1 saturated heterocycles. The maximum absolute atomic E-state index is 13.6. The molecule has 0 radical (unpaired) electrons. The highest BCUT2D eigenvalue weighted by Crippen LogP contribution is 2.29. The zero-order valence-electron chi connectivity index (χ0n) is 15.4. The Bertz CT molecular complexity index is 778. The van der Waals surface area contributed by atoms with E-state index < -0.39 is 5.82 Å². The van der Waals surface area contributed by atoms with Crippen molar-refractivity contribution in [2.24, 2.45) is 5.92 Å². The maximum atomic E-state index is 13.6. The van der Waals surface area contributed by atoms with Crippen LogP contribution in [0.15, 0.2) is 24.4 Å². The van der Waals surface area contributed by atoms with Gasteiger partial charge >= 0.3 is 0 Å². The van der Waals surface area contributed by atoms with Gasteiger partial charge in [-0.3, -0.25) is 9.69 Å². The van der Waals surface area contributed by atoms with Gasteiger partial charge in [-0.25, -0.2) is 9.37 Å². The molecule has 1 aliphatic rings. The van der Waals surface area contributed by atoms with Gasteiger partial charge in [0.05, 0.1) is 12.7 Å². The van der Waals surface area contributed by atoms with E-state index in [1.54, 1.807) is 11.3 Å². The molecular weight excluding hydrogens is 353 g/mol. The minimum Gasteiger partial charge on any atom is -0.496 e. The SMILES string of the molecule is COc1ccc(F)cc1C(=O)[C@H]1CCCN(Cc2cnc(N(C)C)s2)C1. The second-order valence-electron chi connectivity index (χ2n) is 6.79. The van der Waals surface area contributed by atoms with Crippen LogP contribution >= 0.6 is 11.3 Å². The molecular formula is C19H24FN3O2S. The van der Waals surface area contributed by atoms with Crippen LogP contribution in [0.5, 0.6) is 5.75 Å². The topological polar surface area (TPSA) is 45.7 Å². The van der Waals surface area contributed by atoms with Gasteiger partial charge in [0.25, 0.3) is 0 Å². The van der Waals surface area contributed by atoms with Gasteiger partial charge in [0.1, 0.15) is 11.6 Å².